The van der Waals surface area contributed by atoms with Gasteiger partial charge in [-0.05, 0) is 43.5 Å². The molecule has 2 aromatic heterocycles. The summed E-state index contributed by atoms with van der Waals surface area (Å²) in [4.78, 5) is 22.3. The van der Waals surface area contributed by atoms with Crippen LogP contribution in [0.1, 0.15) is 24.4 Å². The van der Waals surface area contributed by atoms with Crippen LogP contribution in [0.15, 0.2) is 35.4 Å². The zero-order valence-corrected chi connectivity index (χ0v) is 16.4. The van der Waals surface area contributed by atoms with Crippen molar-refractivity contribution in [1.82, 2.24) is 14.5 Å². The van der Waals surface area contributed by atoms with Crippen LogP contribution in [0.2, 0.25) is 5.02 Å². The molecule has 136 valence electrons. The summed E-state index contributed by atoms with van der Waals surface area (Å²) >= 11 is 7.90. The molecule has 0 unspecified atom stereocenters. The number of nitrogens with zero attached hydrogens (tertiary/aromatic N) is 3. The van der Waals surface area contributed by atoms with Crippen molar-refractivity contribution in [2.75, 3.05) is 7.11 Å². The Morgan fingerprint density at radius 1 is 1.22 bits per heavy atom. The first kappa shape index (κ1) is 16.7. The maximum Gasteiger partial charge on any atom is 0.261 e. The third-order valence-electron chi connectivity index (χ3n) is 4.86. The highest BCUT2D eigenvalue weighted by Gasteiger charge is 2.26. The van der Waals surface area contributed by atoms with Gasteiger partial charge < -0.3 is 4.74 Å². The SMILES string of the molecule is COc1cc(Cl)c2nc(-c3cc(C)cc4c(=O)n(C5CC5)cnc34)sc2c1. The van der Waals surface area contributed by atoms with E-state index >= 15 is 0 Å². The number of methoxy groups -OCH3 is 1. The van der Waals surface area contributed by atoms with Gasteiger partial charge in [0.25, 0.3) is 5.56 Å². The smallest absolute Gasteiger partial charge is 0.261 e. The van der Waals surface area contributed by atoms with Crippen LogP contribution in [0.5, 0.6) is 5.75 Å². The minimum atomic E-state index is 0.0215. The second-order valence-corrected chi connectivity index (χ2v) is 8.31. The van der Waals surface area contributed by atoms with Crippen LogP contribution < -0.4 is 10.3 Å². The topological polar surface area (TPSA) is 57.0 Å². The van der Waals surface area contributed by atoms with Gasteiger partial charge in [-0.1, -0.05) is 11.6 Å². The Morgan fingerprint density at radius 3 is 2.78 bits per heavy atom. The van der Waals surface area contributed by atoms with Crippen molar-refractivity contribution in [3.8, 4) is 16.3 Å². The van der Waals surface area contributed by atoms with Crippen LogP contribution in [-0.4, -0.2) is 21.6 Å². The summed E-state index contributed by atoms with van der Waals surface area (Å²) in [6, 6.07) is 7.92. The largest absolute Gasteiger partial charge is 0.497 e. The summed E-state index contributed by atoms with van der Waals surface area (Å²) in [5.41, 5.74) is 3.31. The summed E-state index contributed by atoms with van der Waals surface area (Å²) in [6.07, 6.45) is 3.76. The first-order valence-electron chi connectivity index (χ1n) is 8.71. The van der Waals surface area contributed by atoms with Crippen LogP contribution in [0.25, 0.3) is 31.7 Å². The van der Waals surface area contributed by atoms with Crippen molar-refractivity contribution >= 4 is 44.1 Å². The highest BCUT2D eigenvalue weighted by Crippen LogP contribution is 2.39. The van der Waals surface area contributed by atoms with Gasteiger partial charge in [-0.2, -0.15) is 0 Å². The molecule has 5 rings (SSSR count). The monoisotopic (exact) mass is 397 g/mol. The molecule has 0 N–H and O–H groups in total. The summed E-state index contributed by atoms with van der Waals surface area (Å²) in [7, 11) is 1.61. The second kappa shape index (κ2) is 6.04. The van der Waals surface area contributed by atoms with Gasteiger partial charge in [-0.3, -0.25) is 9.36 Å². The van der Waals surface area contributed by atoms with Gasteiger partial charge in [0.15, 0.2) is 0 Å². The molecular formula is C20H16ClN3O2S. The lowest BCUT2D eigenvalue weighted by atomic mass is 10.1. The number of benzene rings is 2. The van der Waals surface area contributed by atoms with E-state index in [2.05, 4.69) is 4.98 Å². The Balaban J connectivity index is 1.77. The minimum Gasteiger partial charge on any atom is -0.497 e. The predicted octanol–water partition coefficient (Wildman–Crippen LogP) is 4.98. The first-order chi connectivity index (χ1) is 13.0. The lowest BCUT2D eigenvalue weighted by Gasteiger charge is -2.08. The van der Waals surface area contributed by atoms with Gasteiger partial charge in [0.1, 0.15) is 16.3 Å². The normalized spacial score (nSPS) is 14.2. The number of aromatic nitrogens is 3. The number of hydrogen-bond donors (Lipinski definition) is 0. The van der Waals surface area contributed by atoms with Gasteiger partial charge in [0.05, 0.1) is 34.1 Å². The Bertz CT molecular complexity index is 1270. The molecule has 0 spiro atoms. The molecule has 0 amide bonds. The van der Waals surface area contributed by atoms with Crippen molar-refractivity contribution in [1.29, 1.82) is 0 Å². The Morgan fingerprint density at radius 2 is 2.04 bits per heavy atom. The molecule has 0 bridgehead atoms. The van der Waals surface area contributed by atoms with Crippen molar-refractivity contribution in [2.45, 2.75) is 25.8 Å². The van der Waals surface area contributed by atoms with Gasteiger partial charge in [0.2, 0.25) is 0 Å². The summed E-state index contributed by atoms with van der Waals surface area (Å²) in [6.45, 7) is 1.99. The predicted molar refractivity (Wildman–Crippen MR) is 109 cm³/mol. The van der Waals surface area contributed by atoms with Crippen LogP contribution in [0.3, 0.4) is 0 Å². The van der Waals surface area contributed by atoms with Crippen LogP contribution in [-0.2, 0) is 0 Å². The molecule has 27 heavy (non-hydrogen) atoms. The summed E-state index contributed by atoms with van der Waals surface area (Å²) in [5.74, 6) is 0.697. The average Bonchev–Trinajstić information content (AvgIpc) is 3.40. The number of rotatable bonds is 3. The highest BCUT2D eigenvalue weighted by atomic mass is 35.5. The fourth-order valence-electron chi connectivity index (χ4n) is 3.37. The molecule has 5 nitrogen and oxygen atoms in total. The molecule has 2 aromatic carbocycles. The van der Waals surface area contributed by atoms with Crippen molar-refractivity contribution < 1.29 is 4.74 Å². The van der Waals surface area contributed by atoms with Crippen molar-refractivity contribution in [3.63, 3.8) is 0 Å². The summed E-state index contributed by atoms with van der Waals surface area (Å²) < 4.78 is 8.00. The Labute approximate surface area is 164 Å². The number of fused-ring (bicyclic) bond motifs is 2. The number of halogens is 1. The molecule has 0 aliphatic heterocycles. The zero-order chi connectivity index (χ0) is 18.7. The van der Waals surface area contributed by atoms with Gasteiger partial charge in [-0.15, -0.1) is 11.3 Å². The highest BCUT2D eigenvalue weighted by molar-refractivity contribution is 7.21. The van der Waals surface area contributed by atoms with E-state index in [9.17, 15) is 4.79 Å². The lowest BCUT2D eigenvalue weighted by Crippen LogP contribution is -2.19. The molecule has 1 fully saturated rings. The minimum absolute atomic E-state index is 0.0215. The van der Waals surface area contributed by atoms with E-state index in [1.54, 1.807) is 24.1 Å². The number of hydrogen-bond acceptors (Lipinski definition) is 5. The molecule has 1 aliphatic rings. The van der Waals surface area contributed by atoms with Crippen LogP contribution >= 0.6 is 22.9 Å². The molecule has 0 saturated heterocycles. The first-order valence-corrected chi connectivity index (χ1v) is 9.90. The maximum absolute atomic E-state index is 12.9. The number of aryl methyl sites for hydroxylation is 1. The van der Waals surface area contributed by atoms with E-state index in [-0.39, 0.29) is 5.56 Å². The Hall–Kier alpha value is -2.44. The van der Waals surface area contributed by atoms with Crippen LogP contribution in [0.4, 0.5) is 0 Å². The van der Waals surface area contributed by atoms with Gasteiger partial charge in [0, 0.05) is 17.7 Å². The van der Waals surface area contributed by atoms with Gasteiger partial charge in [-0.25, -0.2) is 9.97 Å². The Kier molecular flexibility index (Phi) is 3.74. The van der Waals surface area contributed by atoms with E-state index in [1.807, 2.05) is 25.1 Å². The fourth-order valence-corrected chi connectivity index (χ4v) is 4.71. The molecule has 0 radical (unpaired) electrons. The quantitative estimate of drug-likeness (QED) is 0.489. The zero-order valence-electron chi connectivity index (χ0n) is 14.8. The van der Waals surface area contributed by atoms with E-state index < -0.39 is 0 Å². The standard InChI is InChI=1S/C20H16ClN3O2S/c1-10-5-13(17-14(6-10)20(25)24(9-22-17)11-3-4-11)19-23-18-15(21)7-12(26-2)8-16(18)27-19/h5-9,11H,3-4H2,1-2H3. The fraction of sp³-hybridized carbons (Fsp3) is 0.250. The van der Waals surface area contributed by atoms with Crippen molar-refractivity contribution in [2.24, 2.45) is 0 Å². The van der Waals surface area contributed by atoms with Crippen LogP contribution in [0, 0.1) is 6.92 Å². The molecular weight excluding hydrogens is 382 g/mol. The molecule has 7 heteroatoms. The molecule has 0 atom stereocenters. The van der Waals surface area contributed by atoms with Crippen molar-refractivity contribution in [3.05, 3.63) is 51.5 Å². The second-order valence-electron chi connectivity index (χ2n) is 6.87. The molecule has 1 saturated carbocycles. The van der Waals surface area contributed by atoms with E-state index in [1.165, 1.54) is 11.3 Å². The molecule has 1 aliphatic carbocycles. The van der Waals surface area contributed by atoms with E-state index in [0.717, 1.165) is 39.2 Å². The van der Waals surface area contributed by atoms with E-state index in [0.29, 0.717) is 27.7 Å². The third-order valence-corrected chi connectivity index (χ3v) is 6.18. The average molecular weight is 398 g/mol. The number of thiazole rings is 1. The van der Waals surface area contributed by atoms with Gasteiger partial charge >= 0.3 is 0 Å². The third kappa shape index (κ3) is 2.71. The lowest BCUT2D eigenvalue weighted by molar-refractivity contribution is 0.415. The summed E-state index contributed by atoms with van der Waals surface area (Å²) in [5, 5.41) is 1.99. The molecule has 2 heterocycles. The number of ether oxygens (including phenoxy) is 1. The van der Waals surface area contributed by atoms with E-state index in [4.69, 9.17) is 21.3 Å². The molecule has 4 aromatic rings. The maximum atomic E-state index is 12.9.